The second-order valence-electron chi connectivity index (χ2n) is 2.28. The number of nitrogens with one attached hydrogen (secondary N) is 1. The number of aromatic nitrogens is 1. The van der Waals surface area contributed by atoms with Gasteiger partial charge in [0.15, 0.2) is 5.13 Å². The number of aldehydes is 1. The Hall–Kier alpha value is -1.30. The van der Waals surface area contributed by atoms with E-state index in [2.05, 4.69) is 10.3 Å². The molecule has 1 heterocycles. The van der Waals surface area contributed by atoms with Crippen LogP contribution in [0, 0.1) is 5.95 Å². The Morgan fingerprint density at radius 2 is 2.46 bits per heavy atom. The van der Waals surface area contributed by atoms with E-state index >= 15 is 0 Å². The van der Waals surface area contributed by atoms with E-state index in [1.165, 1.54) is 6.92 Å². The maximum Gasteiger partial charge on any atom is 0.229 e. The van der Waals surface area contributed by atoms with Gasteiger partial charge in [-0.1, -0.05) is 11.3 Å². The predicted octanol–water partition coefficient (Wildman–Crippen LogP) is 0.982. The van der Waals surface area contributed by atoms with Crippen molar-refractivity contribution in [2.24, 2.45) is 0 Å². The Morgan fingerprint density at radius 3 is 3.00 bits per heavy atom. The molecule has 1 aromatic heterocycles. The molecule has 0 bridgehead atoms. The Labute approximate surface area is 77.8 Å². The molecular weight excluding hydrogens is 195 g/mol. The molecule has 0 aliphatic heterocycles. The van der Waals surface area contributed by atoms with Gasteiger partial charge in [-0.3, -0.25) is 4.79 Å². The maximum atomic E-state index is 12.8. The van der Waals surface area contributed by atoms with Crippen LogP contribution in [-0.2, 0) is 16.0 Å². The third-order valence-corrected chi connectivity index (χ3v) is 2.17. The topological polar surface area (TPSA) is 59.1 Å². The van der Waals surface area contributed by atoms with E-state index in [0.29, 0.717) is 6.29 Å². The quantitative estimate of drug-likeness (QED) is 0.743. The van der Waals surface area contributed by atoms with Gasteiger partial charge in [0.05, 0.1) is 4.88 Å². The molecule has 1 amide bonds. The molecule has 0 radical (unpaired) electrons. The highest BCUT2D eigenvalue weighted by atomic mass is 32.1. The van der Waals surface area contributed by atoms with Crippen LogP contribution in [0.4, 0.5) is 9.52 Å². The fourth-order valence-corrected chi connectivity index (χ4v) is 1.57. The molecule has 1 rings (SSSR count). The van der Waals surface area contributed by atoms with Gasteiger partial charge in [0.1, 0.15) is 6.29 Å². The number of anilines is 1. The van der Waals surface area contributed by atoms with Crippen molar-refractivity contribution in [3.63, 3.8) is 0 Å². The minimum Gasteiger partial charge on any atom is -0.303 e. The summed E-state index contributed by atoms with van der Waals surface area (Å²) in [5.41, 5.74) is 0. The summed E-state index contributed by atoms with van der Waals surface area (Å²) in [5, 5.41) is 2.52. The first-order valence-electron chi connectivity index (χ1n) is 3.50. The monoisotopic (exact) mass is 202 g/mol. The summed E-state index contributed by atoms with van der Waals surface area (Å²) in [7, 11) is 0. The molecule has 0 spiro atoms. The van der Waals surface area contributed by atoms with Crippen molar-refractivity contribution in [2.75, 3.05) is 5.32 Å². The summed E-state index contributed by atoms with van der Waals surface area (Å²) in [6, 6.07) is 0. The number of rotatable bonds is 3. The van der Waals surface area contributed by atoms with Crippen LogP contribution < -0.4 is 5.32 Å². The van der Waals surface area contributed by atoms with Gasteiger partial charge in [-0.05, 0) is 0 Å². The Balaban J connectivity index is 2.81. The molecule has 6 heteroatoms. The minimum absolute atomic E-state index is 0.0108. The molecule has 0 aromatic carbocycles. The molecule has 1 N–H and O–H groups in total. The third-order valence-electron chi connectivity index (χ3n) is 1.20. The Morgan fingerprint density at radius 1 is 1.77 bits per heavy atom. The van der Waals surface area contributed by atoms with Crippen LogP contribution in [-0.4, -0.2) is 17.2 Å². The van der Waals surface area contributed by atoms with Crippen molar-refractivity contribution in [1.82, 2.24) is 4.98 Å². The first-order chi connectivity index (χ1) is 6.13. The van der Waals surface area contributed by atoms with Gasteiger partial charge in [-0.15, -0.1) is 0 Å². The van der Waals surface area contributed by atoms with Gasteiger partial charge in [0.25, 0.3) is 0 Å². The number of amides is 1. The van der Waals surface area contributed by atoms with Crippen LogP contribution in [0.5, 0.6) is 0 Å². The number of carbonyl (C=O) groups is 2. The van der Waals surface area contributed by atoms with Gasteiger partial charge in [0.2, 0.25) is 11.9 Å². The van der Waals surface area contributed by atoms with E-state index in [9.17, 15) is 14.0 Å². The molecule has 0 fully saturated rings. The summed E-state index contributed by atoms with van der Waals surface area (Å²) in [6.07, 6.45) is 0.581. The molecular formula is C7H7FN2O2S. The Kier molecular flexibility index (Phi) is 3.07. The van der Waals surface area contributed by atoms with Crippen molar-refractivity contribution >= 4 is 28.7 Å². The fraction of sp³-hybridized carbons (Fsp3) is 0.286. The summed E-state index contributed by atoms with van der Waals surface area (Å²) in [5.74, 6) is -1.01. The summed E-state index contributed by atoms with van der Waals surface area (Å²) in [6.45, 7) is 1.30. The van der Waals surface area contributed by atoms with Gasteiger partial charge in [-0.2, -0.15) is 9.37 Å². The van der Waals surface area contributed by atoms with Gasteiger partial charge < -0.3 is 10.1 Å². The van der Waals surface area contributed by atoms with Crippen molar-refractivity contribution < 1.29 is 14.0 Å². The number of halogens is 1. The second kappa shape index (κ2) is 4.08. The zero-order valence-electron chi connectivity index (χ0n) is 6.83. The highest BCUT2D eigenvalue weighted by Crippen LogP contribution is 2.21. The number of hydrogen-bond acceptors (Lipinski definition) is 4. The first-order valence-corrected chi connectivity index (χ1v) is 4.31. The lowest BCUT2D eigenvalue weighted by Gasteiger charge is -1.91. The summed E-state index contributed by atoms with van der Waals surface area (Å²) < 4.78 is 12.8. The smallest absolute Gasteiger partial charge is 0.229 e. The zero-order valence-corrected chi connectivity index (χ0v) is 7.65. The molecule has 0 aliphatic rings. The van der Waals surface area contributed by atoms with Gasteiger partial charge >= 0.3 is 0 Å². The lowest BCUT2D eigenvalue weighted by Crippen LogP contribution is -2.04. The minimum atomic E-state index is -0.694. The standard InChI is InChI=1S/C7H7FN2O2S/c1-4(12)9-7-10-6(8)5(13-7)2-3-11/h3H,2H2,1H3,(H,9,10,12). The third kappa shape index (κ3) is 2.59. The van der Waals surface area contributed by atoms with Gasteiger partial charge in [-0.25, -0.2) is 0 Å². The van der Waals surface area contributed by atoms with E-state index < -0.39 is 5.95 Å². The van der Waals surface area contributed by atoms with Crippen LogP contribution in [0.1, 0.15) is 11.8 Å². The van der Waals surface area contributed by atoms with Crippen molar-refractivity contribution in [3.8, 4) is 0 Å². The summed E-state index contributed by atoms with van der Waals surface area (Å²) in [4.78, 5) is 24.3. The first kappa shape index (κ1) is 9.79. The second-order valence-corrected chi connectivity index (χ2v) is 3.37. The van der Waals surface area contributed by atoms with E-state index in [4.69, 9.17) is 0 Å². The number of thiazole rings is 1. The van der Waals surface area contributed by atoms with Crippen molar-refractivity contribution in [3.05, 3.63) is 10.8 Å². The van der Waals surface area contributed by atoms with Crippen LogP contribution in [0.25, 0.3) is 0 Å². The fourth-order valence-electron chi connectivity index (χ4n) is 0.739. The van der Waals surface area contributed by atoms with Crippen molar-refractivity contribution in [1.29, 1.82) is 0 Å². The zero-order chi connectivity index (χ0) is 9.84. The molecule has 0 atom stereocenters. The average molecular weight is 202 g/mol. The van der Waals surface area contributed by atoms with Crippen LogP contribution in [0.2, 0.25) is 0 Å². The molecule has 0 unspecified atom stereocenters. The van der Waals surface area contributed by atoms with E-state index in [-0.39, 0.29) is 22.3 Å². The van der Waals surface area contributed by atoms with E-state index in [1.54, 1.807) is 0 Å². The van der Waals surface area contributed by atoms with Gasteiger partial charge in [0, 0.05) is 13.3 Å². The summed E-state index contributed by atoms with van der Waals surface area (Å²) >= 11 is 0.963. The maximum absolute atomic E-state index is 12.8. The number of carbonyl (C=O) groups excluding carboxylic acids is 2. The van der Waals surface area contributed by atoms with Crippen LogP contribution >= 0.6 is 11.3 Å². The Bertz CT molecular complexity index is 337. The molecule has 0 saturated carbocycles. The molecule has 0 saturated heterocycles. The highest BCUT2D eigenvalue weighted by Gasteiger charge is 2.10. The molecule has 1 aromatic rings. The van der Waals surface area contributed by atoms with E-state index in [1.807, 2.05) is 0 Å². The number of nitrogens with zero attached hydrogens (tertiary/aromatic N) is 1. The lowest BCUT2D eigenvalue weighted by atomic mass is 10.4. The average Bonchev–Trinajstić information content (AvgIpc) is 2.31. The number of hydrogen-bond donors (Lipinski definition) is 1. The normalized spacial score (nSPS) is 9.69. The SMILES string of the molecule is CC(=O)Nc1nc(F)c(CC=O)s1. The molecule has 13 heavy (non-hydrogen) atoms. The van der Waals surface area contributed by atoms with Crippen LogP contribution in [0.15, 0.2) is 0 Å². The largest absolute Gasteiger partial charge is 0.303 e. The van der Waals surface area contributed by atoms with Crippen molar-refractivity contribution in [2.45, 2.75) is 13.3 Å². The molecule has 4 nitrogen and oxygen atoms in total. The highest BCUT2D eigenvalue weighted by molar-refractivity contribution is 7.15. The van der Waals surface area contributed by atoms with E-state index in [0.717, 1.165) is 11.3 Å². The lowest BCUT2D eigenvalue weighted by molar-refractivity contribution is -0.114. The molecule has 70 valence electrons. The predicted molar refractivity (Wildman–Crippen MR) is 46.1 cm³/mol. The van der Waals surface area contributed by atoms with Crippen LogP contribution in [0.3, 0.4) is 0 Å². The molecule has 0 aliphatic carbocycles.